The average Bonchev–Trinajstić information content (AvgIpc) is 2.82. The molecule has 3 heterocycles. The van der Waals surface area contributed by atoms with Gasteiger partial charge >= 0.3 is 0 Å². The van der Waals surface area contributed by atoms with Gasteiger partial charge in [0.1, 0.15) is 11.5 Å². The van der Waals surface area contributed by atoms with Crippen molar-refractivity contribution in [2.75, 3.05) is 31.1 Å². The fourth-order valence-electron chi connectivity index (χ4n) is 2.27. The van der Waals surface area contributed by atoms with Crippen LogP contribution in [0, 0.1) is 0 Å². The molecule has 0 amide bonds. The number of aliphatic hydroxyl groups excluding tert-OH is 1. The number of aliphatic hydroxyl groups is 1. The van der Waals surface area contributed by atoms with Crippen molar-refractivity contribution in [2.45, 2.75) is 6.61 Å². The normalized spacial score (nSPS) is 14.9. The molecule has 1 aliphatic heterocycles. The summed E-state index contributed by atoms with van der Waals surface area (Å²) in [5.74, 6) is 1.15. The van der Waals surface area contributed by atoms with Gasteiger partial charge in [0.05, 0.1) is 12.3 Å². The highest BCUT2D eigenvalue weighted by Gasteiger charge is 2.13. The number of nitrogens with zero attached hydrogens (tertiary/aromatic N) is 3. The standard InChI is InChI=1S/C12H16N4O.2ClH/c17-9-10-8-16-11(14-10)2-1-3-12(16)15-6-4-13-5-7-15;;/h1-3,8,13,17H,4-7,9H2;2*1H. The molecule has 0 atom stereocenters. The molecule has 1 aliphatic rings. The molecule has 0 unspecified atom stereocenters. The van der Waals surface area contributed by atoms with Gasteiger partial charge < -0.3 is 15.3 Å². The van der Waals surface area contributed by atoms with E-state index >= 15 is 0 Å². The van der Waals surface area contributed by atoms with Gasteiger partial charge in [0.2, 0.25) is 0 Å². The van der Waals surface area contributed by atoms with E-state index < -0.39 is 0 Å². The zero-order valence-corrected chi connectivity index (χ0v) is 12.1. The summed E-state index contributed by atoms with van der Waals surface area (Å²) in [6.07, 6.45) is 1.91. The minimum atomic E-state index is -0.0112. The lowest BCUT2D eigenvalue weighted by Gasteiger charge is -2.29. The summed E-state index contributed by atoms with van der Waals surface area (Å²) in [6.45, 7) is 4.02. The number of imidazole rings is 1. The van der Waals surface area contributed by atoms with E-state index in [1.54, 1.807) is 0 Å². The van der Waals surface area contributed by atoms with Crippen molar-refractivity contribution in [3.05, 3.63) is 30.1 Å². The highest BCUT2D eigenvalue weighted by atomic mass is 35.5. The van der Waals surface area contributed by atoms with Crippen LogP contribution in [0.5, 0.6) is 0 Å². The monoisotopic (exact) mass is 304 g/mol. The predicted octanol–water partition coefficient (Wildman–Crippen LogP) is 1.08. The Kier molecular flexibility index (Phi) is 5.87. The molecule has 3 rings (SSSR count). The summed E-state index contributed by atoms with van der Waals surface area (Å²) < 4.78 is 2.05. The van der Waals surface area contributed by atoms with Crippen molar-refractivity contribution < 1.29 is 5.11 Å². The summed E-state index contributed by atoms with van der Waals surface area (Å²) >= 11 is 0. The molecule has 0 radical (unpaired) electrons. The van der Waals surface area contributed by atoms with Crippen LogP contribution in [0.3, 0.4) is 0 Å². The first kappa shape index (κ1) is 16.0. The van der Waals surface area contributed by atoms with E-state index in [0.29, 0.717) is 5.69 Å². The number of halogens is 2. The van der Waals surface area contributed by atoms with Gasteiger partial charge in [-0.2, -0.15) is 0 Å². The molecule has 0 spiro atoms. The zero-order valence-electron chi connectivity index (χ0n) is 10.5. The van der Waals surface area contributed by atoms with Crippen molar-refractivity contribution in [3.8, 4) is 0 Å². The van der Waals surface area contributed by atoms with Crippen molar-refractivity contribution in [3.63, 3.8) is 0 Å². The van der Waals surface area contributed by atoms with E-state index in [1.165, 1.54) is 0 Å². The van der Waals surface area contributed by atoms with Crippen LogP contribution in [0.1, 0.15) is 5.69 Å². The molecule has 2 N–H and O–H groups in total. The second-order valence-electron chi connectivity index (χ2n) is 4.24. The van der Waals surface area contributed by atoms with Gasteiger partial charge in [0.15, 0.2) is 0 Å². The third-order valence-corrected chi connectivity index (χ3v) is 3.12. The number of pyridine rings is 1. The number of piperazine rings is 1. The Balaban J connectivity index is 0.000000902. The number of aromatic nitrogens is 2. The first-order valence-electron chi connectivity index (χ1n) is 5.92. The molecule has 2 aromatic rings. The van der Waals surface area contributed by atoms with Gasteiger partial charge in [0.25, 0.3) is 0 Å². The molecular formula is C12H18Cl2N4O. The Labute approximate surface area is 124 Å². The van der Waals surface area contributed by atoms with Crippen LogP contribution >= 0.6 is 24.8 Å². The van der Waals surface area contributed by atoms with E-state index in [0.717, 1.165) is 37.6 Å². The molecule has 19 heavy (non-hydrogen) atoms. The van der Waals surface area contributed by atoms with Crippen molar-refractivity contribution >= 4 is 36.3 Å². The Morgan fingerprint density at radius 1 is 1.21 bits per heavy atom. The summed E-state index contributed by atoms with van der Waals surface area (Å²) in [5, 5.41) is 12.5. The molecule has 0 bridgehead atoms. The second kappa shape index (κ2) is 6.96. The Morgan fingerprint density at radius 3 is 2.63 bits per heavy atom. The highest BCUT2D eigenvalue weighted by molar-refractivity contribution is 5.85. The van der Waals surface area contributed by atoms with Crippen LogP contribution in [0.2, 0.25) is 0 Å². The molecule has 0 aromatic carbocycles. The first-order valence-corrected chi connectivity index (χ1v) is 5.92. The van der Waals surface area contributed by atoms with E-state index in [1.807, 2.05) is 18.3 Å². The maximum atomic E-state index is 9.14. The quantitative estimate of drug-likeness (QED) is 0.872. The molecule has 5 nitrogen and oxygen atoms in total. The highest BCUT2D eigenvalue weighted by Crippen LogP contribution is 2.18. The third-order valence-electron chi connectivity index (χ3n) is 3.12. The van der Waals surface area contributed by atoms with E-state index in [-0.39, 0.29) is 31.4 Å². The lowest BCUT2D eigenvalue weighted by molar-refractivity contribution is 0.277. The Bertz CT molecular complexity index is 525. The number of hydrogen-bond acceptors (Lipinski definition) is 4. The molecule has 2 aromatic heterocycles. The van der Waals surface area contributed by atoms with Crippen molar-refractivity contribution in [1.82, 2.24) is 14.7 Å². The molecule has 1 saturated heterocycles. The fourth-order valence-corrected chi connectivity index (χ4v) is 2.27. The molecule has 1 fully saturated rings. The number of fused-ring (bicyclic) bond motifs is 1. The van der Waals surface area contributed by atoms with E-state index in [9.17, 15) is 0 Å². The average molecular weight is 305 g/mol. The van der Waals surface area contributed by atoms with Gasteiger partial charge in [-0.3, -0.25) is 4.40 Å². The van der Waals surface area contributed by atoms with Gasteiger partial charge in [-0.15, -0.1) is 24.8 Å². The van der Waals surface area contributed by atoms with Crippen LogP contribution in [0.15, 0.2) is 24.4 Å². The SMILES string of the molecule is Cl.Cl.OCc1cn2c(N3CCNCC3)cccc2n1. The summed E-state index contributed by atoms with van der Waals surface area (Å²) in [7, 11) is 0. The largest absolute Gasteiger partial charge is 0.390 e. The molecule has 0 aliphatic carbocycles. The van der Waals surface area contributed by atoms with Gasteiger partial charge in [-0.1, -0.05) is 6.07 Å². The van der Waals surface area contributed by atoms with Crippen LogP contribution in [0.25, 0.3) is 5.65 Å². The first-order chi connectivity index (χ1) is 8.38. The van der Waals surface area contributed by atoms with Crippen LogP contribution < -0.4 is 10.2 Å². The number of rotatable bonds is 2. The smallest absolute Gasteiger partial charge is 0.138 e. The van der Waals surface area contributed by atoms with Gasteiger partial charge in [-0.25, -0.2) is 4.98 Å². The van der Waals surface area contributed by atoms with Gasteiger partial charge in [-0.05, 0) is 12.1 Å². The predicted molar refractivity (Wildman–Crippen MR) is 80.7 cm³/mol. The number of anilines is 1. The lowest BCUT2D eigenvalue weighted by Crippen LogP contribution is -2.44. The molecule has 106 valence electrons. The fraction of sp³-hybridized carbons (Fsp3) is 0.417. The summed E-state index contributed by atoms with van der Waals surface area (Å²) in [6, 6.07) is 6.08. The maximum absolute atomic E-state index is 9.14. The molecular weight excluding hydrogens is 287 g/mol. The minimum absolute atomic E-state index is 0. The van der Waals surface area contributed by atoms with Crippen molar-refractivity contribution in [2.24, 2.45) is 0 Å². The summed E-state index contributed by atoms with van der Waals surface area (Å²) in [5.41, 5.74) is 1.61. The topological polar surface area (TPSA) is 52.8 Å². The third kappa shape index (κ3) is 3.12. The van der Waals surface area contributed by atoms with Crippen LogP contribution in [-0.4, -0.2) is 40.7 Å². The van der Waals surface area contributed by atoms with Crippen molar-refractivity contribution in [1.29, 1.82) is 0 Å². The minimum Gasteiger partial charge on any atom is -0.390 e. The lowest BCUT2D eigenvalue weighted by atomic mass is 10.3. The molecule has 0 saturated carbocycles. The molecule has 7 heteroatoms. The Hall–Kier alpha value is -1.01. The summed E-state index contributed by atoms with van der Waals surface area (Å²) in [4.78, 5) is 6.70. The van der Waals surface area contributed by atoms with Crippen LogP contribution in [0.4, 0.5) is 5.82 Å². The van der Waals surface area contributed by atoms with Crippen LogP contribution in [-0.2, 0) is 6.61 Å². The van der Waals surface area contributed by atoms with E-state index in [2.05, 4.69) is 25.7 Å². The second-order valence-corrected chi connectivity index (χ2v) is 4.24. The number of nitrogens with one attached hydrogen (secondary N) is 1. The Morgan fingerprint density at radius 2 is 1.95 bits per heavy atom. The number of hydrogen-bond donors (Lipinski definition) is 2. The zero-order chi connectivity index (χ0) is 11.7. The van der Waals surface area contributed by atoms with Gasteiger partial charge in [0, 0.05) is 32.4 Å². The maximum Gasteiger partial charge on any atom is 0.138 e. The van der Waals surface area contributed by atoms with E-state index in [4.69, 9.17) is 5.11 Å².